The van der Waals surface area contributed by atoms with Crippen molar-refractivity contribution in [3.05, 3.63) is 29.3 Å². The Morgan fingerprint density at radius 1 is 1.37 bits per heavy atom. The van der Waals surface area contributed by atoms with Crippen molar-refractivity contribution in [2.45, 2.75) is 39.5 Å². The zero-order chi connectivity index (χ0) is 13.8. The summed E-state index contributed by atoms with van der Waals surface area (Å²) in [5, 5.41) is 3.07. The number of rotatable bonds is 3. The molecule has 1 aliphatic carbocycles. The number of benzene rings is 1. The molecular formula is C16H24N2O. The normalized spacial score (nSPS) is 23.1. The van der Waals surface area contributed by atoms with E-state index in [-0.39, 0.29) is 5.91 Å². The highest BCUT2D eigenvalue weighted by Crippen LogP contribution is 2.28. The number of anilines is 1. The Morgan fingerprint density at radius 3 is 2.84 bits per heavy atom. The van der Waals surface area contributed by atoms with Gasteiger partial charge in [-0.15, -0.1) is 0 Å². The summed E-state index contributed by atoms with van der Waals surface area (Å²) in [4.78, 5) is 12.2. The van der Waals surface area contributed by atoms with Crippen molar-refractivity contribution < 1.29 is 4.79 Å². The first-order valence-corrected chi connectivity index (χ1v) is 7.22. The standard InChI is InChI=1S/C16H24N2O/c1-11-5-3-4-6-13(11)10-18-16(19)15-9-14(17)8-7-12(15)2/h7-9,11,13H,3-6,10,17H2,1-2H3,(H,18,19). The van der Waals surface area contributed by atoms with E-state index >= 15 is 0 Å². The summed E-state index contributed by atoms with van der Waals surface area (Å²) in [5.74, 6) is 1.35. The van der Waals surface area contributed by atoms with Crippen molar-refractivity contribution in [3.63, 3.8) is 0 Å². The van der Waals surface area contributed by atoms with Crippen LogP contribution in [-0.4, -0.2) is 12.5 Å². The van der Waals surface area contributed by atoms with Crippen molar-refractivity contribution in [2.75, 3.05) is 12.3 Å². The van der Waals surface area contributed by atoms with E-state index in [1.165, 1.54) is 25.7 Å². The zero-order valence-corrected chi connectivity index (χ0v) is 11.9. The number of nitrogens with one attached hydrogen (secondary N) is 1. The first-order valence-electron chi connectivity index (χ1n) is 7.22. The molecule has 1 aromatic rings. The van der Waals surface area contributed by atoms with Gasteiger partial charge in [0.15, 0.2) is 0 Å². The van der Waals surface area contributed by atoms with Crippen molar-refractivity contribution in [3.8, 4) is 0 Å². The third-order valence-corrected chi connectivity index (χ3v) is 4.32. The lowest BCUT2D eigenvalue weighted by Gasteiger charge is -2.28. The number of nitrogens with two attached hydrogens (primary N) is 1. The molecule has 0 heterocycles. The number of amides is 1. The van der Waals surface area contributed by atoms with E-state index in [9.17, 15) is 4.79 Å². The SMILES string of the molecule is Cc1ccc(N)cc1C(=O)NCC1CCCCC1C. The highest BCUT2D eigenvalue weighted by atomic mass is 16.1. The second-order valence-electron chi connectivity index (χ2n) is 5.81. The van der Waals surface area contributed by atoms with Crippen LogP contribution in [0.1, 0.15) is 48.5 Å². The lowest BCUT2D eigenvalue weighted by Crippen LogP contribution is -2.33. The molecule has 0 aromatic heterocycles. The number of nitrogen functional groups attached to an aromatic ring is 1. The fourth-order valence-corrected chi connectivity index (χ4v) is 2.90. The maximum absolute atomic E-state index is 12.2. The molecule has 2 atom stereocenters. The summed E-state index contributed by atoms with van der Waals surface area (Å²) in [5.41, 5.74) is 8.06. The maximum Gasteiger partial charge on any atom is 0.251 e. The Hall–Kier alpha value is -1.51. The van der Waals surface area contributed by atoms with E-state index in [1.807, 2.05) is 19.1 Å². The van der Waals surface area contributed by atoms with Crippen LogP contribution in [0.5, 0.6) is 0 Å². The third-order valence-electron chi connectivity index (χ3n) is 4.32. The van der Waals surface area contributed by atoms with Gasteiger partial charge < -0.3 is 11.1 Å². The highest BCUT2D eigenvalue weighted by Gasteiger charge is 2.22. The predicted octanol–water partition coefficient (Wildman–Crippen LogP) is 3.13. The van der Waals surface area contributed by atoms with Crippen LogP contribution < -0.4 is 11.1 Å². The van der Waals surface area contributed by atoms with Gasteiger partial charge in [0.05, 0.1) is 0 Å². The molecule has 2 unspecified atom stereocenters. The van der Waals surface area contributed by atoms with Crippen LogP contribution in [0.2, 0.25) is 0 Å². The Balaban J connectivity index is 1.95. The Morgan fingerprint density at radius 2 is 2.11 bits per heavy atom. The van der Waals surface area contributed by atoms with E-state index in [1.54, 1.807) is 6.07 Å². The minimum atomic E-state index is 0.00238. The Labute approximate surface area is 115 Å². The highest BCUT2D eigenvalue weighted by molar-refractivity contribution is 5.96. The van der Waals surface area contributed by atoms with Gasteiger partial charge in [-0.3, -0.25) is 4.79 Å². The number of aryl methyl sites for hydroxylation is 1. The number of carbonyl (C=O) groups is 1. The molecule has 1 aromatic carbocycles. The minimum Gasteiger partial charge on any atom is -0.399 e. The van der Waals surface area contributed by atoms with Crippen molar-refractivity contribution in [1.29, 1.82) is 0 Å². The van der Waals surface area contributed by atoms with Gasteiger partial charge in [-0.25, -0.2) is 0 Å². The molecule has 104 valence electrons. The van der Waals surface area contributed by atoms with Crippen molar-refractivity contribution >= 4 is 11.6 Å². The number of hydrogen-bond acceptors (Lipinski definition) is 2. The summed E-state index contributed by atoms with van der Waals surface area (Å²) in [7, 11) is 0. The Bertz CT molecular complexity index is 456. The summed E-state index contributed by atoms with van der Waals surface area (Å²) in [6, 6.07) is 5.48. The molecule has 0 bridgehead atoms. The van der Waals surface area contributed by atoms with Crippen LogP contribution in [0.4, 0.5) is 5.69 Å². The Kier molecular flexibility index (Phi) is 4.46. The first-order chi connectivity index (χ1) is 9.08. The van der Waals surface area contributed by atoms with Gasteiger partial charge in [-0.2, -0.15) is 0 Å². The molecule has 2 rings (SSSR count). The van der Waals surface area contributed by atoms with Gasteiger partial charge in [0.25, 0.3) is 5.91 Å². The van der Waals surface area contributed by atoms with Gasteiger partial charge in [0.1, 0.15) is 0 Å². The van der Waals surface area contributed by atoms with Gasteiger partial charge in [0, 0.05) is 17.8 Å². The van der Waals surface area contributed by atoms with Crippen LogP contribution >= 0.6 is 0 Å². The van der Waals surface area contributed by atoms with Crippen LogP contribution in [-0.2, 0) is 0 Å². The second kappa shape index (κ2) is 6.09. The van der Waals surface area contributed by atoms with E-state index in [4.69, 9.17) is 5.73 Å². The first kappa shape index (κ1) is 13.9. The van der Waals surface area contributed by atoms with Gasteiger partial charge in [-0.1, -0.05) is 32.3 Å². The molecule has 19 heavy (non-hydrogen) atoms. The molecule has 1 amide bonds. The third kappa shape index (κ3) is 3.49. The molecule has 1 saturated carbocycles. The molecule has 1 aliphatic rings. The molecule has 3 nitrogen and oxygen atoms in total. The van der Waals surface area contributed by atoms with E-state index in [0.29, 0.717) is 17.2 Å². The molecule has 0 aliphatic heterocycles. The summed E-state index contributed by atoms with van der Waals surface area (Å²) >= 11 is 0. The number of hydrogen-bond donors (Lipinski definition) is 2. The van der Waals surface area contributed by atoms with Crippen LogP contribution in [0, 0.1) is 18.8 Å². The smallest absolute Gasteiger partial charge is 0.251 e. The molecule has 0 radical (unpaired) electrons. The van der Waals surface area contributed by atoms with Crippen molar-refractivity contribution in [1.82, 2.24) is 5.32 Å². The quantitative estimate of drug-likeness (QED) is 0.820. The molecule has 3 heteroatoms. The fraction of sp³-hybridized carbons (Fsp3) is 0.562. The number of carbonyl (C=O) groups excluding carboxylic acids is 1. The van der Waals surface area contributed by atoms with Crippen LogP contribution in [0.15, 0.2) is 18.2 Å². The lowest BCUT2D eigenvalue weighted by molar-refractivity contribution is 0.0936. The summed E-state index contributed by atoms with van der Waals surface area (Å²) < 4.78 is 0. The van der Waals surface area contributed by atoms with Crippen LogP contribution in [0.3, 0.4) is 0 Å². The average Bonchev–Trinajstić information content (AvgIpc) is 2.40. The molecule has 3 N–H and O–H groups in total. The predicted molar refractivity (Wildman–Crippen MR) is 79.0 cm³/mol. The second-order valence-corrected chi connectivity index (χ2v) is 5.81. The topological polar surface area (TPSA) is 55.1 Å². The van der Waals surface area contributed by atoms with Crippen LogP contribution in [0.25, 0.3) is 0 Å². The molecule has 0 saturated heterocycles. The van der Waals surface area contributed by atoms with E-state index in [0.717, 1.165) is 18.0 Å². The largest absolute Gasteiger partial charge is 0.399 e. The minimum absolute atomic E-state index is 0.00238. The average molecular weight is 260 g/mol. The van der Waals surface area contributed by atoms with Gasteiger partial charge >= 0.3 is 0 Å². The van der Waals surface area contributed by atoms with Crippen molar-refractivity contribution in [2.24, 2.45) is 11.8 Å². The monoisotopic (exact) mass is 260 g/mol. The fourth-order valence-electron chi connectivity index (χ4n) is 2.90. The van der Waals surface area contributed by atoms with Gasteiger partial charge in [0.2, 0.25) is 0 Å². The lowest BCUT2D eigenvalue weighted by atomic mass is 9.80. The molecule has 1 fully saturated rings. The molecule has 0 spiro atoms. The zero-order valence-electron chi connectivity index (χ0n) is 11.9. The maximum atomic E-state index is 12.2. The van der Waals surface area contributed by atoms with Gasteiger partial charge in [-0.05, 0) is 42.9 Å². The van der Waals surface area contributed by atoms with E-state index < -0.39 is 0 Å². The molecular weight excluding hydrogens is 236 g/mol. The summed E-state index contributed by atoms with van der Waals surface area (Å²) in [6.07, 6.45) is 5.15. The van der Waals surface area contributed by atoms with E-state index in [2.05, 4.69) is 12.2 Å². The summed E-state index contributed by atoms with van der Waals surface area (Å²) in [6.45, 7) is 5.02.